The fourth-order valence-electron chi connectivity index (χ4n) is 1.61. The molecule has 0 bridgehead atoms. The van der Waals surface area contributed by atoms with Gasteiger partial charge in [0.1, 0.15) is 0 Å². The SMILES string of the molecule is CCCCOC1CCN(CS)CC1. The van der Waals surface area contributed by atoms with Gasteiger partial charge in [0.15, 0.2) is 0 Å². The quantitative estimate of drug-likeness (QED) is 0.543. The number of ether oxygens (including phenoxy) is 1. The number of hydrogen-bond acceptors (Lipinski definition) is 3. The van der Waals surface area contributed by atoms with Gasteiger partial charge in [-0.15, -0.1) is 0 Å². The maximum atomic E-state index is 5.76. The molecular weight excluding hydrogens is 182 g/mol. The Labute approximate surface area is 87.0 Å². The molecule has 0 N–H and O–H groups in total. The molecule has 0 aromatic rings. The van der Waals surface area contributed by atoms with E-state index in [1.807, 2.05) is 0 Å². The molecule has 3 heteroatoms. The smallest absolute Gasteiger partial charge is 0.0599 e. The summed E-state index contributed by atoms with van der Waals surface area (Å²) in [6, 6.07) is 0. The Balaban J connectivity index is 2.03. The maximum absolute atomic E-state index is 5.76. The molecule has 1 fully saturated rings. The number of unbranched alkanes of at least 4 members (excludes halogenated alkanes) is 1. The minimum Gasteiger partial charge on any atom is -0.378 e. The van der Waals surface area contributed by atoms with Crippen molar-refractivity contribution in [3.63, 3.8) is 0 Å². The van der Waals surface area contributed by atoms with Gasteiger partial charge in [-0.05, 0) is 19.3 Å². The maximum Gasteiger partial charge on any atom is 0.0599 e. The fraction of sp³-hybridized carbons (Fsp3) is 1.00. The van der Waals surface area contributed by atoms with E-state index in [1.54, 1.807) is 0 Å². The van der Waals surface area contributed by atoms with Crippen LogP contribution < -0.4 is 0 Å². The van der Waals surface area contributed by atoms with Crippen LogP contribution in [0.4, 0.5) is 0 Å². The molecule has 0 amide bonds. The Bertz CT molecular complexity index is 121. The van der Waals surface area contributed by atoms with Crippen LogP contribution in [0.15, 0.2) is 0 Å². The van der Waals surface area contributed by atoms with Gasteiger partial charge >= 0.3 is 0 Å². The van der Waals surface area contributed by atoms with Crippen LogP contribution in [-0.4, -0.2) is 36.6 Å². The van der Waals surface area contributed by atoms with E-state index in [9.17, 15) is 0 Å². The molecule has 0 unspecified atom stereocenters. The van der Waals surface area contributed by atoms with E-state index in [0.717, 1.165) is 25.6 Å². The number of rotatable bonds is 5. The van der Waals surface area contributed by atoms with Crippen molar-refractivity contribution < 1.29 is 4.74 Å². The van der Waals surface area contributed by atoms with Crippen LogP contribution in [0.2, 0.25) is 0 Å². The monoisotopic (exact) mass is 203 g/mol. The topological polar surface area (TPSA) is 12.5 Å². The normalized spacial score (nSPS) is 20.8. The van der Waals surface area contributed by atoms with Crippen LogP contribution in [-0.2, 0) is 4.74 Å². The van der Waals surface area contributed by atoms with E-state index < -0.39 is 0 Å². The number of hydrogen-bond donors (Lipinski definition) is 1. The molecule has 0 radical (unpaired) electrons. The fourth-order valence-corrected chi connectivity index (χ4v) is 1.89. The Morgan fingerprint density at radius 3 is 2.62 bits per heavy atom. The zero-order chi connectivity index (χ0) is 9.52. The van der Waals surface area contributed by atoms with E-state index in [1.165, 1.54) is 25.7 Å². The Morgan fingerprint density at radius 2 is 2.08 bits per heavy atom. The lowest BCUT2D eigenvalue weighted by Gasteiger charge is -2.30. The molecule has 1 aliphatic rings. The summed E-state index contributed by atoms with van der Waals surface area (Å²) in [5.74, 6) is 0.891. The molecule has 0 saturated carbocycles. The number of likely N-dealkylation sites (tertiary alicyclic amines) is 1. The first-order valence-corrected chi connectivity index (χ1v) is 5.95. The third-order valence-electron chi connectivity index (χ3n) is 2.59. The highest BCUT2D eigenvalue weighted by Crippen LogP contribution is 2.14. The largest absolute Gasteiger partial charge is 0.378 e. The van der Waals surface area contributed by atoms with Crippen molar-refractivity contribution in [2.45, 2.75) is 38.7 Å². The van der Waals surface area contributed by atoms with Gasteiger partial charge in [-0.3, -0.25) is 4.90 Å². The average molecular weight is 203 g/mol. The van der Waals surface area contributed by atoms with Gasteiger partial charge < -0.3 is 4.74 Å². The van der Waals surface area contributed by atoms with Crippen molar-refractivity contribution >= 4 is 12.6 Å². The standard InChI is InChI=1S/C10H21NOS/c1-2-3-8-12-10-4-6-11(9-13)7-5-10/h10,13H,2-9H2,1H3. The van der Waals surface area contributed by atoms with Gasteiger partial charge in [-0.2, -0.15) is 12.6 Å². The van der Waals surface area contributed by atoms with Gasteiger partial charge in [0, 0.05) is 25.6 Å². The van der Waals surface area contributed by atoms with Gasteiger partial charge in [0.2, 0.25) is 0 Å². The second-order valence-electron chi connectivity index (χ2n) is 3.68. The van der Waals surface area contributed by atoms with Gasteiger partial charge in [0.25, 0.3) is 0 Å². The minimum atomic E-state index is 0.516. The first-order valence-electron chi connectivity index (χ1n) is 5.31. The van der Waals surface area contributed by atoms with E-state index in [4.69, 9.17) is 4.74 Å². The van der Waals surface area contributed by atoms with Crippen LogP contribution in [0.25, 0.3) is 0 Å². The first kappa shape index (κ1) is 11.3. The summed E-state index contributed by atoms with van der Waals surface area (Å²) >= 11 is 4.26. The molecule has 2 nitrogen and oxygen atoms in total. The van der Waals surface area contributed by atoms with Gasteiger partial charge in [-0.25, -0.2) is 0 Å². The number of piperidine rings is 1. The summed E-state index contributed by atoms with van der Waals surface area (Å²) in [5, 5.41) is 0. The van der Waals surface area contributed by atoms with Crippen molar-refractivity contribution in [1.82, 2.24) is 4.90 Å². The molecule has 13 heavy (non-hydrogen) atoms. The highest BCUT2D eigenvalue weighted by Gasteiger charge is 2.17. The highest BCUT2D eigenvalue weighted by molar-refractivity contribution is 7.80. The summed E-state index contributed by atoms with van der Waals surface area (Å²) < 4.78 is 5.76. The van der Waals surface area contributed by atoms with Crippen LogP contribution in [0.1, 0.15) is 32.6 Å². The predicted octanol–water partition coefficient (Wildman–Crippen LogP) is 2.15. The molecule has 0 atom stereocenters. The summed E-state index contributed by atoms with van der Waals surface area (Å²) in [7, 11) is 0. The first-order chi connectivity index (χ1) is 6.36. The van der Waals surface area contributed by atoms with Crippen molar-refractivity contribution in [2.24, 2.45) is 0 Å². The molecule has 1 heterocycles. The van der Waals surface area contributed by atoms with Crippen molar-refractivity contribution in [2.75, 3.05) is 25.6 Å². The molecule has 1 rings (SSSR count). The Kier molecular flexibility index (Phi) is 5.83. The van der Waals surface area contributed by atoms with E-state index in [-0.39, 0.29) is 0 Å². The third-order valence-corrected chi connectivity index (χ3v) is 2.99. The van der Waals surface area contributed by atoms with Crippen LogP contribution >= 0.6 is 12.6 Å². The lowest BCUT2D eigenvalue weighted by molar-refractivity contribution is 0.0102. The third kappa shape index (κ3) is 4.34. The van der Waals surface area contributed by atoms with Gasteiger partial charge in [-0.1, -0.05) is 13.3 Å². The molecule has 1 aliphatic heterocycles. The summed E-state index contributed by atoms with van der Waals surface area (Å²) in [5.41, 5.74) is 0. The van der Waals surface area contributed by atoms with Crippen LogP contribution in [0.5, 0.6) is 0 Å². The lowest BCUT2D eigenvalue weighted by Crippen LogP contribution is -2.36. The summed E-state index contributed by atoms with van der Waals surface area (Å²) in [4.78, 5) is 2.36. The summed E-state index contributed by atoms with van der Waals surface area (Å²) in [6.07, 6.45) is 5.32. The average Bonchev–Trinajstić information content (AvgIpc) is 2.19. The zero-order valence-corrected chi connectivity index (χ0v) is 9.43. The second-order valence-corrected chi connectivity index (χ2v) is 3.97. The van der Waals surface area contributed by atoms with Crippen molar-refractivity contribution in [3.8, 4) is 0 Å². The van der Waals surface area contributed by atoms with Crippen molar-refractivity contribution in [1.29, 1.82) is 0 Å². The summed E-state index contributed by atoms with van der Waals surface area (Å²) in [6.45, 7) is 5.45. The molecular formula is C10H21NOS. The van der Waals surface area contributed by atoms with E-state index >= 15 is 0 Å². The highest BCUT2D eigenvalue weighted by atomic mass is 32.1. The molecule has 0 aliphatic carbocycles. The Morgan fingerprint density at radius 1 is 1.38 bits per heavy atom. The van der Waals surface area contributed by atoms with Crippen LogP contribution in [0, 0.1) is 0 Å². The van der Waals surface area contributed by atoms with Gasteiger partial charge in [0.05, 0.1) is 6.10 Å². The predicted molar refractivity (Wildman–Crippen MR) is 59.3 cm³/mol. The zero-order valence-electron chi connectivity index (χ0n) is 8.54. The molecule has 0 spiro atoms. The Hall–Kier alpha value is 0.270. The molecule has 0 aromatic carbocycles. The molecule has 1 saturated heterocycles. The minimum absolute atomic E-state index is 0.516. The lowest BCUT2D eigenvalue weighted by atomic mass is 10.1. The van der Waals surface area contributed by atoms with E-state index in [2.05, 4.69) is 24.5 Å². The van der Waals surface area contributed by atoms with E-state index in [0.29, 0.717) is 6.10 Å². The molecule has 78 valence electrons. The van der Waals surface area contributed by atoms with Crippen LogP contribution in [0.3, 0.4) is 0 Å². The number of thiol groups is 1. The second kappa shape index (κ2) is 6.68. The van der Waals surface area contributed by atoms with Crippen molar-refractivity contribution in [3.05, 3.63) is 0 Å². The number of nitrogens with zero attached hydrogens (tertiary/aromatic N) is 1. The molecule has 0 aromatic heterocycles.